The van der Waals surface area contributed by atoms with Gasteiger partial charge < -0.3 is 14.9 Å². The van der Waals surface area contributed by atoms with Crippen LogP contribution in [0.1, 0.15) is 5.56 Å². The van der Waals surface area contributed by atoms with Crippen LogP contribution in [0.3, 0.4) is 0 Å². The van der Waals surface area contributed by atoms with Crippen molar-refractivity contribution in [3.05, 3.63) is 48.0 Å². The van der Waals surface area contributed by atoms with Gasteiger partial charge in [0.25, 0.3) is 0 Å². The Morgan fingerprint density at radius 1 is 1.00 bits per heavy atom. The topological polar surface area (TPSA) is 39.1 Å². The quantitative estimate of drug-likeness (QED) is 0.807. The van der Waals surface area contributed by atoms with Crippen LogP contribution >= 0.6 is 11.8 Å². The third kappa shape index (κ3) is 2.82. The molecule has 2 aliphatic rings. The molecule has 0 unspecified atom stereocenters. The number of phenols is 1. The van der Waals surface area contributed by atoms with Gasteiger partial charge in [-0.2, -0.15) is 0 Å². The highest BCUT2D eigenvalue weighted by molar-refractivity contribution is 7.99. The number of hydrogen-bond acceptors (Lipinski definition) is 5. The molecular weight excluding hydrogens is 306 g/mol. The van der Waals surface area contributed by atoms with Crippen molar-refractivity contribution >= 4 is 23.3 Å². The zero-order valence-electron chi connectivity index (χ0n) is 13.1. The number of piperazine rings is 1. The second-order valence-electron chi connectivity index (χ2n) is 5.98. The van der Waals surface area contributed by atoms with Crippen molar-refractivity contribution in [3.8, 4) is 5.75 Å². The average molecular weight is 325 g/mol. The second-order valence-corrected chi connectivity index (χ2v) is 7.06. The first-order valence-electron chi connectivity index (χ1n) is 7.83. The molecule has 0 aliphatic carbocycles. The number of benzene rings is 2. The zero-order chi connectivity index (χ0) is 15.8. The van der Waals surface area contributed by atoms with Gasteiger partial charge in [0.1, 0.15) is 11.6 Å². The molecule has 0 saturated carbocycles. The maximum Gasteiger partial charge on any atom is 0.137 e. The predicted octanol–water partition coefficient (Wildman–Crippen LogP) is 3.18. The van der Waals surface area contributed by atoms with Crippen molar-refractivity contribution in [2.45, 2.75) is 9.79 Å². The molecule has 2 aromatic rings. The third-order valence-corrected chi connectivity index (χ3v) is 5.44. The SMILES string of the molecule is CN1CCN(C2=Nc3ccc(O)cc3Sc3ccccc32)CC1. The molecule has 0 amide bonds. The smallest absolute Gasteiger partial charge is 0.137 e. The van der Waals surface area contributed by atoms with E-state index in [-0.39, 0.29) is 5.75 Å². The van der Waals surface area contributed by atoms with Gasteiger partial charge in [0.05, 0.1) is 5.69 Å². The Bertz CT molecular complexity index is 767. The van der Waals surface area contributed by atoms with Gasteiger partial charge in [-0.25, -0.2) is 4.99 Å². The van der Waals surface area contributed by atoms with Crippen LogP contribution in [0.25, 0.3) is 0 Å². The van der Waals surface area contributed by atoms with E-state index in [9.17, 15) is 5.11 Å². The second kappa shape index (κ2) is 5.91. The first-order valence-corrected chi connectivity index (χ1v) is 8.65. The number of aliphatic imine (C=N–C) groups is 1. The van der Waals surface area contributed by atoms with Crippen LogP contribution in [0.15, 0.2) is 57.2 Å². The summed E-state index contributed by atoms with van der Waals surface area (Å²) in [5.41, 5.74) is 2.11. The fourth-order valence-corrected chi connectivity index (χ4v) is 4.02. The molecule has 0 atom stereocenters. The van der Waals surface area contributed by atoms with Gasteiger partial charge >= 0.3 is 0 Å². The molecule has 0 bridgehead atoms. The first-order chi connectivity index (χ1) is 11.2. The summed E-state index contributed by atoms with van der Waals surface area (Å²) in [6, 6.07) is 13.8. The lowest BCUT2D eigenvalue weighted by Crippen LogP contribution is -2.47. The summed E-state index contributed by atoms with van der Waals surface area (Å²) in [5.74, 6) is 1.33. The number of rotatable bonds is 0. The Kier molecular flexibility index (Phi) is 3.75. The minimum atomic E-state index is 0.284. The lowest BCUT2D eigenvalue weighted by Gasteiger charge is -2.34. The van der Waals surface area contributed by atoms with Crippen molar-refractivity contribution < 1.29 is 5.11 Å². The molecule has 4 nitrogen and oxygen atoms in total. The Balaban J connectivity index is 1.82. The number of hydrogen-bond donors (Lipinski definition) is 1. The van der Waals surface area contributed by atoms with Crippen LogP contribution in [-0.4, -0.2) is 54.0 Å². The Hall–Kier alpha value is -1.98. The minimum Gasteiger partial charge on any atom is -0.508 e. The van der Waals surface area contributed by atoms with E-state index in [1.165, 1.54) is 10.5 Å². The molecule has 23 heavy (non-hydrogen) atoms. The van der Waals surface area contributed by atoms with E-state index in [1.807, 2.05) is 6.07 Å². The van der Waals surface area contributed by atoms with E-state index >= 15 is 0 Å². The summed E-state index contributed by atoms with van der Waals surface area (Å²) in [7, 11) is 2.16. The molecule has 2 heterocycles. The predicted molar refractivity (Wildman–Crippen MR) is 93.9 cm³/mol. The minimum absolute atomic E-state index is 0.284. The van der Waals surface area contributed by atoms with Crippen molar-refractivity contribution in [1.29, 1.82) is 0 Å². The highest BCUT2D eigenvalue weighted by Gasteiger charge is 2.24. The summed E-state index contributed by atoms with van der Waals surface area (Å²) in [5, 5.41) is 9.79. The molecule has 0 aromatic heterocycles. The van der Waals surface area contributed by atoms with Crippen LogP contribution in [0.2, 0.25) is 0 Å². The molecule has 1 saturated heterocycles. The van der Waals surface area contributed by atoms with E-state index < -0.39 is 0 Å². The maximum absolute atomic E-state index is 9.79. The first kappa shape index (κ1) is 14.6. The van der Waals surface area contributed by atoms with E-state index in [2.05, 4.69) is 41.1 Å². The zero-order valence-corrected chi connectivity index (χ0v) is 13.9. The molecule has 1 N–H and O–H groups in total. The van der Waals surface area contributed by atoms with Crippen molar-refractivity contribution in [2.24, 2.45) is 4.99 Å². The lowest BCUT2D eigenvalue weighted by atomic mass is 10.1. The summed E-state index contributed by atoms with van der Waals surface area (Å²) in [4.78, 5) is 11.9. The van der Waals surface area contributed by atoms with Crippen LogP contribution in [0, 0.1) is 0 Å². The van der Waals surface area contributed by atoms with Gasteiger partial charge in [-0.3, -0.25) is 0 Å². The van der Waals surface area contributed by atoms with Gasteiger partial charge in [-0.1, -0.05) is 30.0 Å². The molecule has 2 aromatic carbocycles. The van der Waals surface area contributed by atoms with Crippen molar-refractivity contribution in [3.63, 3.8) is 0 Å². The van der Waals surface area contributed by atoms with Gasteiger partial charge in [0, 0.05) is 41.5 Å². The fourth-order valence-electron chi connectivity index (χ4n) is 2.97. The lowest BCUT2D eigenvalue weighted by molar-refractivity contribution is 0.215. The number of nitrogens with zero attached hydrogens (tertiary/aromatic N) is 3. The Morgan fingerprint density at radius 3 is 2.61 bits per heavy atom. The molecule has 5 heteroatoms. The number of aromatic hydroxyl groups is 1. The van der Waals surface area contributed by atoms with Crippen LogP contribution in [-0.2, 0) is 0 Å². The van der Waals surface area contributed by atoms with Crippen molar-refractivity contribution in [1.82, 2.24) is 9.80 Å². The molecular formula is C18H19N3OS. The number of amidine groups is 1. The molecule has 0 radical (unpaired) electrons. The van der Waals surface area contributed by atoms with Crippen LogP contribution in [0.4, 0.5) is 5.69 Å². The largest absolute Gasteiger partial charge is 0.508 e. The van der Waals surface area contributed by atoms with E-state index in [0.29, 0.717) is 0 Å². The van der Waals surface area contributed by atoms with Gasteiger partial charge in [-0.15, -0.1) is 0 Å². The highest BCUT2D eigenvalue weighted by Crippen LogP contribution is 2.42. The van der Waals surface area contributed by atoms with Gasteiger partial charge in [0.15, 0.2) is 0 Å². The average Bonchev–Trinajstić information content (AvgIpc) is 2.72. The van der Waals surface area contributed by atoms with Gasteiger partial charge in [-0.05, 0) is 31.3 Å². The van der Waals surface area contributed by atoms with Crippen molar-refractivity contribution in [2.75, 3.05) is 33.2 Å². The molecule has 4 rings (SSSR count). The van der Waals surface area contributed by atoms with Crippen LogP contribution < -0.4 is 0 Å². The summed E-state index contributed by atoms with van der Waals surface area (Å²) in [6.45, 7) is 4.08. The molecule has 2 aliphatic heterocycles. The van der Waals surface area contributed by atoms with Gasteiger partial charge in [0.2, 0.25) is 0 Å². The summed E-state index contributed by atoms with van der Waals surface area (Å²) >= 11 is 1.67. The number of fused-ring (bicyclic) bond motifs is 2. The monoisotopic (exact) mass is 325 g/mol. The molecule has 0 spiro atoms. The Labute approximate surface area is 140 Å². The van der Waals surface area contributed by atoms with Crippen LogP contribution in [0.5, 0.6) is 5.75 Å². The molecule has 118 valence electrons. The number of phenolic OH excluding ortho intramolecular Hbond substituents is 1. The third-order valence-electron chi connectivity index (χ3n) is 4.32. The molecule has 1 fully saturated rings. The standard InChI is InChI=1S/C18H19N3OS/c1-20-8-10-21(11-9-20)18-14-4-2-3-5-16(14)23-17-12-13(22)6-7-15(17)19-18/h2-7,12,22H,8-11H2,1H3. The summed E-state index contributed by atoms with van der Waals surface area (Å²) < 4.78 is 0. The highest BCUT2D eigenvalue weighted by atomic mass is 32.2. The summed E-state index contributed by atoms with van der Waals surface area (Å²) in [6.07, 6.45) is 0. The van der Waals surface area contributed by atoms with E-state index in [1.54, 1.807) is 23.9 Å². The maximum atomic E-state index is 9.79. The normalized spacial score (nSPS) is 18.0. The fraction of sp³-hybridized carbons (Fsp3) is 0.278. The van der Waals surface area contributed by atoms with E-state index in [0.717, 1.165) is 42.6 Å². The number of likely N-dealkylation sites (N-methyl/N-ethyl adjacent to an activating group) is 1. The Morgan fingerprint density at radius 2 is 1.78 bits per heavy atom. The van der Waals surface area contributed by atoms with E-state index in [4.69, 9.17) is 4.99 Å².